The van der Waals surface area contributed by atoms with E-state index in [0.717, 1.165) is 44.3 Å². The number of ether oxygens (including phenoxy) is 3. The Balaban J connectivity index is 1.83. The van der Waals surface area contributed by atoms with Crippen molar-refractivity contribution < 1.29 is 23.8 Å². The molecule has 0 amide bonds. The van der Waals surface area contributed by atoms with E-state index < -0.39 is 5.41 Å². The number of hydrogen-bond acceptors (Lipinski definition) is 5. The third-order valence-corrected chi connectivity index (χ3v) is 4.93. The van der Waals surface area contributed by atoms with Crippen molar-refractivity contribution in [2.75, 3.05) is 13.2 Å². The van der Waals surface area contributed by atoms with Crippen molar-refractivity contribution in [3.8, 4) is 5.75 Å². The summed E-state index contributed by atoms with van der Waals surface area (Å²) in [6, 6.07) is 7.06. The molecule has 0 heterocycles. The fourth-order valence-corrected chi connectivity index (χ4v) is 3.11. The first-order valence-corrected chi connectivity index (χ1v) is 9.59. The summed E-state index contributed by atoms with van der Waals surface area (Å²) in [4.78, 5) is 24.0. The lowest BCUT2D eigenvalue weighted by molar-refractivity contribution is -0.157. The number of benzene rings is 1. The molecule has 1 fully saturated rings. The molecule has 0 spiro atoms. The van der Waals surface area contributed by atoms with Crippen LogP contribution in [0.2, 0.25) is 0 Å². The smallest absolute Gasteiger partial charge is 0.338 e. The Hall–Kier alpha value is -2.04. The average Bonchev–Trinajstić information content (AvgIpc) is 2.64. The van der Waals surface area contributed by atoms with Gasteiger partial charge in [-0.15, -0.1) is 0 Å². The van der Waals surface area contributed by atoms with Gasteiger partial charge in [-0.2, -0.15) is 0 Å². The zero-order valence-electron chi connectivity index (χ0n) is 16.1. The van der Waals surface area contributed by atoms with Gasteiger partial charge in [-0.25, -0.2) is 4.79 Å². The number of carbonyl (C=O) groups excluding carboxylic acids is 2. The predicted molar refractivity (Wildman–Crippen MR) is 99.3 cm³/mol. The Morgan fingerprint density at radius 3 is 2.31 bits per heavy atom. The summed E-state index contributed by atoms with van der Waals surface area (Å²) in [6.07, 6.45) is 5.11. The lowest BCUT2D eigenvalue weighted by Gasteiger charge is -2.35. The Labute approximate surface area is 156 Å². The van der Waals surface area contributed by atoms with Crippen LogP contribution in [0, 0.1) is 5.41 Å². The van der Waals surface area contributed by atoms with Crippen molar-refractivity contribution >= 4 is 11.9 Å². The summed E-state index contributed by atoms with van der Waals surface area (Å²) in [5.74, 6) is 0.331. The number of unbranched alkanes of at least 4 members (excludes halogenated alkanes) is 1. The largest absolute Gasteiger partial charge is 0.490 e. The number of carbonyl (C=O) groups is 2. The molecule has 2 rings (SSSR count). The zero-order chi connectivity index (χ0) is 19.0. The van der Waals surface area contributed by atoms with Crippen LogP contribution >= 0.6 is 0 Å². The van der Waals surface area contributed by atoms with Crippen molar-refractivity contribution in [1.82, 2.24) is 0 Å². The highest BCUT2D eigenvalue weighted by atomic mass is 16.5. The maximum atomic E-state index is 12.1. The quantitative estimate of drug-likeness (QED) is 0.502. The fourth-order valence-electron chi connectivity index (χ4n) is 3.11. The third kappa shape index (κ3) is 5.48. The minimum Gasteiger partial charge on any atom is -0.490 e. The highest BCUT2D eigenvalue weighted by Crippen LogP contribution is 2.38. The SMILES string of the molecule is CCCCOC(=O)c1ccc(O[C@H]2CC[C@](C)(C(=O)OCC)CC2)cc1. The second-order valence-corrected chi connectivity index (χ2v) is 7.11. The molecule has 0 aliphatic heterocycles. The molecule has 1 aromatic carbocycles. The Bertz CT molecular complexity index is 585. The van der Waals surface area contributed by atoms with Gasteiger partial charge in [0.1, 0.15) is 5.75 Å². The van der Waals surface area contributed by atoms with Gasteiger partial charge in [-0.1, -0.05) is 13.3 Å². The van der Waals surface area contributed by atoms with Crippen LogP contribution in [0.5, 0.6) is 5.75 Å². The second kappa shape index (κ2) is 9.60. The molecule has 144 valence electrons. The van der Waals surface area contributed by atoms with Gasteiger partial charge in [-0.3, -0.25) is 4.79 Å². The van der Waals surface area contributed by atoms with E-state index in [9.17, 15) is 9.59 Å². The average molecular weight is 362 g/mol. The molecule has 26 heavy (non-hydrogen) atoms. The Kier molecular flexibility index (Phi) is 7.49. The predicted octanol–water partition coefficient (Wildman–Crippen LogP) is 4.53. The first kappa shape index (κ1) is 20.3. The molecular weight excluding hydrogens is 332 g/mol. The van der Waals surface area contributed by atoms with Crippen LogP contribution in [0.4, 0.5) is 0 Å². The third-order valence-electron chi connectivity index (χ3n) is 4.93. The van der Waals surface area contributed by atoms with E-state index in [0.29, 0.717) is 18.8 Å². The van der Waals surface area contributed by atoms with Crippen LogP contribution in [-0.2, 0) is 14.3 Å². The minimum absolute atomic E-state index is 0.0832. The van der Waals surface area contributed by atoms with E-state index >= 15 is 0 Å². The standard InChI is InChI=1S/C21H30O5/c1-4-6-15-25-19(22)16-7-9-17(10-8-16)26-18-11-13-21(3,14-12-18)20(23)24-5-2/h7-10,18H,4-6,11-15H2,1-3H3/t18-,21-. The van der Waals surface area contributed by atoms with Crippen LogP contribution in [0.25, 0.3) is 0 Å². The van der Waals surface area contributed by atoms with Gasteiger partial charge in [0.15, 0.2) is 0 Å². The van der Waals surface area contributed by atoms with E-state index in [4.69, 9.17) is 14.2 Å². The van der Waals surface area contributed by atoms with Crippen LogP contribution in [0.1, 0.15) is 69.7 Å². The maximum Gasteiger partial charge on any atom is 0.338 e. The van der Waals surface area contributed by atoms with Crippen molar-refractivity contribution in [3.63, 3.8) is 0 Å². The normalized spacial score (nSPS) is 22.5. The summed E-state index contributed by atoms with van der Waals surface area (Å²) < 4.78 is 16.4. The molecule has 1 aliphatic rings. The van der Waals surface area contributed by atoms with Gasteiger partial charge in [0.25, 0.3) is 0 Å². The highest BCUT2D eigenvalue weighted by molar-refractivity contribution is 5.89. The van der Waals surface area contributed by atoms with E-state index in [1.807, 2.05) is 13.8 Å². The van der Waals surface area contributed by atoms with Crippen molar-refractivity contribution in [2.24, 2.45) is 5.41 Å². The number of esters is 2. The first-order chi connectivity index (χ1) is 12.5. The van der Waals surface area contributed by atoms with E-state index in [1.54, 1.807) is 24.3 Å². The summed E-state index contributed by atoms with van der Waals surface area (Å²) in [5, 5.41) is 0. The number of hydrogen-bond donors (Lipinski definition) is 0. The summed E-state index contributed by atoms with van der Waals surface area (Å²) in [6.45, 7) is 6.73. The van der Waals surface area contributed by atoms with Gasteiger partial charge in [0.05, 0.1) is 30.3 Å². The van der Waals surface area contributed by atoms with E-state index in [-0.39, 0.29) is 18.0 Å². The maximum absolute atomic E-state index is 12.1. The molecule has 1 aromatic rings. The molecule has 0 N–H and O–H groups in total. The molecule has 5 heteroatoms. The molecule has 0 unspecified atom stereocenters. The summed E-state index contributed by atoms with van der Waals surface area (Å²) in [7, 11) is 0. The topological polar surface area (TPSA) is 61.8 Å². The molecule has 5 nitrogen and oxygen atoms in total. The van der Waals surface area contributed by atoms with Crippen LogP contribution < -0.4 is 4.74 Å². The van der Waals surface area contributed by atoms with Crippen LogP contribution in [0.15, 0.2) is 24.3 Å². The summed E-state index contributed by atoms with van der Waals surface area (Å²) in [5.41, 5.74) is 0.133. The van der Waals surface area contributed by atoms with E-state index in [2.05, 4.69) is 6.92 Å². The van der Waals surface area contributed by atoms with Crippen molar-refractivity contribution in [2.45, 2.75) is 65.4 Å². The number of rotatable bonds is 8. The van der Waals surface area contributed by atoms with Gasteiger partial charge >= 0.3 is 11.9 Å². The monoisotopic (exact) mass is 362 g/mol. The second-order valence-electron chi connectivity index (χ2n) is 7.11. The molecule has 1 aliphatic carbocycles. The molecular formula is C21H30O5. The van der Waals surface area contributed by atoms with Crippen LogP contribution in [-0.4, -0.2) is 31.3 Å². The molecule has 0 atom stereocenters. The summed E-state index contributed by atoms with van der Waals surface area (Å²) >= 11 is 0. The van der Waals surface area contributed by atoms with Gasteiger partial charge in [0.2, 0.25) is 0 Å². The van der Waals surface area contributed by atoms with Crippen molar-refractivity contribution in [3.05, 3.63) is 29.8 Å². The van der Waals surface area contributed by atoms with Gasteiger partial charge < -0.3 is 14.2 Å². The Morgan fingerprint density at radius 2 is 1.73 bits per heavy atom. The first-order valence-electron chi connectivity index (χ1n) is 9.59. The molecule has 0 saturated heterocycles. The van der Waals surface area contributed by atoms with E-state index in [1.165, 1.54) is 0 Å². The Morgan fingerprint density at radius 1 is 1.08 bits per heavy atom. The lowest BCUT2D eigenvalue weighted by atomic mass is 9.74. The van der Waals surface area contributed by atoms with Crippen molar-refractivity contribution in [1.29, 1.82) is 0 Å². The van der Waals surface area contributed by atoms with Crippen LogP contribution in [0.3, 0.4) is 0 Å². The minimum atomic E-state index is -0.401. The molecule has 0 radical (unpaired) electrons. The molecule has 0 aromatic heterocycles. The lowest BCUT2D eigenvalue weighted by Crippen LogP contribution is -2.37. The van der Waals surface area contributed by atoms with Gasteiger partial charge in [0, 0.05) is 0 Å². The van der Waals surface area contributed by atoms with Gasteiger partial charge in [-0.05, 0) is 70.2 Å². The zero-order valence-corrected chi connectivity index (χ0v) is 16.1. The molecule has 1 saturated carbocycles. The highest BCUT2D eigenvalue weighted by Gasteiger charge is 2.39. The fraction of sp³-hybridized carbons (Fsp3) is 0.619. The molecule has 0 bridgehead atoms.